The van der Waals surface area contributed by atoms with Gasteiger partial charge in [0.1, 0.15) is 0 Å². The summed E-state index contributed by atoms with van der Waals surface area (Å²) in [4.78, 5) is 0. The zero-order chi connectivity index (χ0) is 10.0. The molecule has 0 heterocycles. The fourth-order valence-electron chi connectivity index (χ4n) is 1.31. The number of hydrogen-bond donors (Lipinski definition) is 2. The Morgan fingerprint density at radius 1 is 1.46 bits per heavy atom. The van der Waals surface area contributed by atoms with Gasteiger partial charge in [-0.05, 0) is 31.0 Å². The SMILES string of the molecule is Cc1cccc(Br)c1[C@H](N)[C@@H](C)O. The quantitative estimate of drug-likeness (QED) is 0.837. The zero-order valence-corrected chi connectivity index (χ0v) is 9.38. The summed E-state index contributed by atoms with van der Waals surface area (Å²) in [7, 11) is 0. The van der Waals surface area contributed by atoms with Crippen molar-refractivity contribution in [2.45, 2.75) is 26.0 Å². The summed E-state index contributed by atoms with van der Waals surface area (Å²) < 4.78 is 0.959. The van der Waals surface area contributed by atoms with Crippen molar-refractivity contribution in [3.05, 3.63) is 33.8 Å². The van der Waals surface area contributed by atoms with Gasteiger partial charge in [0, 0.05) is 4.47 Å². The molecule has 0 saturated carbocycles. The summed E-state index contributed by atoms with van der Waals surface area (Å²) in [6.45, 7) is 3.69. The monoisotopic (exact) mass is 243 g/mol. The van der Waals surface area contributed by atoms with Crippen LogP contribution >= 0.6 is 15.9 Å². The van der Waals surface area contributed by atoms with Crippen LogP contribution < -0.4 is 5.73 Å². The Hall–Kier alpha value is -0.380. The van der Waals surface area contributed by atoms with Crippen molar-refractivity contribution in [2.75, 3.05) is 0 Å². The number of aryl methyl sites for hydroxylation is 1. The van der Waals surface area contributed by atoms with Crippen molar-refractivity contribution >= 4 is 15.9 Å². The van der Waals surface area contributed by atoms with Gasteiger partial charge < -0.3 is 10.8 Å². The predicted molar refractivity (Wildman–Crippen MR) is 57.5 cm³/mol. The zero-order valence-electron chi connectivity index (χ0n) is 7.79. The van der Waals surface area contributed by atoms with Gasteiger partial charge in [-0.1, -0.05) is 28.1 Å². The van der Waals surface area contributed by atoms with Crippen LogP contribution in [0.2, 0.25) is 0 Å². The van der Waals surface area contributed by atoms with Gasteiger partial charge in [-0.2, -0.15) is 0 Å². The van der Waals surface area contributed by atoms with Crippen LogP contribution in [-0.2, 0) is 0 Å². The average Bonchev–Trinajstić information content (AvgIpc) is 2.03. The van der Waals surface area contributed by atoms with Crippen molar-refractivity contribution in [1.29, 1.82) is 0 Å². The molecule has 1 aromatic carbocycles. The van der Waals surface area contributed by atoms with E-state index < -0.39 is 6.10 Å². The van der Waals surface area contributed by atoms with E-state index in [1.807, 2.05) is 25.1 Å². The number of nitrogens with two attached hydrogens (primary N) is 1. The first-order valence-corrected chi connectivity index (χ1v) is 5.02. The van der Waals surface area contributed by atoms with Gasteiger partial charge in [0.15, 0.2) is 0 Å². The third-order valence-electron chi connectivity index (χ3n) is 2.12. The minimum absolute atomic E-state index is 0.324. The minimum atomic E-state index is -0.530. The lowest BCUT2D eigenvalue weighted by atomic mass is 9.99. The van der Waals surface area contributed by atoms with Crippen LogP contribution in [0, 0.1) is 6.92 Å². The molecule has 0 bridgehead atoms. The maximum Gasteiger partial charge on any atom is 0.0705 e. The molecule has 3 N–H and O–H groups in total. The van der Waals surface area contributed by atoms with Gasteiger partial charge >= 0.3 is 0 Å². The van der Waals surface area contributed by atoms with Gasteiger partial charge in [-0.15, -0.1) is 0 Å². The highest BCUT2D eigenvalue weighted by molar-refractivity contribution is 9.10. The molecule has 0 aliphatic heterocycles. The molecule has 0 spiro atoms. The van der Waals surface area contributed by atoms with E-state index in [1.165, 1.54) is 0 Å². The van der Waals surface area contributed by atoms with Crippen molar-refractivity contribution in [1.82, 2.24) is 0 Å². The molecule has 3 heteroatoms. The number of aliphatic hydroxyl groups is 1. The molecule has 0 fully saturated rings. The molecular weight excluding hydrogens is 230 g/mol. The molecule has 0 unspecified atom stereocenters. The Balaban J connectivity index is 3.12. The fraction of sp³-hybridized carbons (Fsp3) is 0.400. The van der Waals surface area contributed by atoms with Crippen LogP contribution in [0.5, 0.6) is 0 Å². The standard InChI is InChI=1S/C10H14BrNO/c1-6-4-3-5-8(11)9(6)10(12)7(2)13/h3-5,7,10,13H,12H2,1-2H3/t7-,10-/m1/s1. The van der Waals surface area contributed by atoms with E-state index in [0.29, 0.717) is 0 Å². The van der Waals surface area contributed by atoms with Crippen LogP contribution in [0.4, 0.5) is 0 Å². The van der Waals surface area contributed by atoms with Crippen LogP contribution in [-0.4, -0.2) is 11.2 Å². The Morgan fingerprint density at radius 2 is 2.08 bits per heavy atom. The highest BCUT2D eigenvalue weighted by atomic mass is 79.9. The third-order valence-corrected chi connectivity index (χ3v) is 2.82. The van der Waals surface area contributed by atoms with Crippen LogP contribution in [0.3, 0.4) is 0 Å². The third kappa shape index (κ3) is 2.30. The summed E-state index contributed by atoms with van der Waals surface area (Å²) in [5.74, 6) is 0. The van der Waals surface area contributed by atoms with Crippen molar-refractivity contribution in [3.8, 4) is 0 Å². The molecule has 72 valence electrons. The predicted octanol–water partition coefficient (Wildman–Crippen LogP) is 2.14. The largest absolute Gasteiger partial charge is 0.391 e. The Labute approximate surface area is 86.9 Å². The van der Waals surface area contributed by atoms with Gasteiger partial charge in [-0.25, -0.2) is 0 Å². The first kappa shape index (κ1) is 10.7. The lowest BCUT2D eigenvalue weighted by Gasteiger charge is -2.18. The second kappa shape index (κ2) is 4.22. The van der Waals surface area contributed by atoms with Crippen LogP contribution in [0.15, 0.2) is 22.7 Å². The molecule has 1 rings (SSSR count). The average molecular weight is 244 g/mol. The molecule has 0 saturated heterocycles. The number of aliphatic hydroxyl groups excluding tert-OH is 1. The van der Waals surface area contributed by atoms with Gasteiger partial charge in [0.2, 0.25) is 0 Å². The number of benzene rings is 1. The summed E-state index contributed by atoms with van der Waals surface area (Å²) in [6, 6.07) is 5.56. The number of hydrogen-bond acceptors (Lipinski definition) is 2. The first-order chi connectivity index (χ1) is 6.04. The van der Waals surface area contributed by atoms with E-state index in [-0.39, 0.29) is 6.04 Å². The van der Waals surface area contributed by atoms with E-state index in [4.69, 9.17) is 5.73 Å². The summed E-state index contributed by atoms with van der Waals surface area (Å²) in [5, 5.41) is 9.38. The highest BCUT2D eigenvalue weighted by Gasteiger charge is 2.16. The van der Waals surface area contributed by atoms with E-state index in [1.54, 1.807) is 6.92 Å². The molecule has 2 atom stereocenters. The first-order valence-electron chi connectivity index (χ1n) is 4.22. The second-order valence-electron chi connectivity index (χ2n) is 3.24. The lowest BCUT2D eigenvalue weighted by Crippen LogP contribution is -2.24. The maximum absolute atomic E-state index is 9.38. The van der Waals surface area contributed by atoms with Crippen LogP contribution in [0.25, 0.3) is 0 Å². The maximum atomic E-state index is 9.38. The van der Waals surface area contributed by atoms with E-state index in [9.17, 15) is 5.11 Å². The van der Waals surface area contributed by atoms with Crippen molar-refractivity contribution < 1.29 is 5.11 Å². The van der Waals surface area contributed by atoms with Gasteiger partial charge in [0.05, 0.1) is 12.1 Å². The molecule has 0 amide bonds. The lowest BCUT2D eigenvalue weighted by molar-refractivity contribution is 0.163. The fourth-order valence-corrected chi connectivity index (χ4v) is 2.04. The van der Waals surface area contributed by atoms with Crippen LogP contribution in [0.1, 0.15) is 24.1 Å². The Kier molecular flexibility index (Phi) is 3.47. The van der Waals surface area contributed by atoms with E-state index >= 15 is 0 Å². The smallest absolute Gasteiger partial charge is 0.0705 e. The molecule has 2 nitrogen and oxygen atoms in total. The Morgan fingerprint density at radius 3 is 2.54 bits per heavy atom. The highest BCUT2D eigenvalue weighted by Crippen LogP contribution is 2.26. The molecule has 0 aromatic heterocycles. The summed E-state index contributed by atoms with van der Waals surface area (Å²) in [6.07, 6.45) is -0.530. The molecule has 0 aliphatic rings. The summed E-state index contributed by atoms with van der Waals surface area (Å²) >= 11 is 3.42. The molecular formula is C10H14BrNO. The second-order valence-corrected chi connectivity index (χ2v) is 4.09. The summed E-state index contributed by atoms with van der Waals surface area (Å²) in [5.41, 5.74) is 7.94. The minimum Gasteiger partial charge on any atom is -0.391 e. The molecule has 1 aromatic rings. The van der Waals surface area contributed by atoms with Gasteiger partial charge in [0.25, 0.3) is 0 Å². The topological polar surface area (TPSA) is 46.2 Å². The van der Waals surface area contributed by atoms with E-state index in [2.05, 4.69) is 15.9 Å². The van der Waals surface area contributed by atoms with Crippen molar-refractivity contribution in [2.24, 2.45) is 5.73 Å². The molecule has 0 radical (unpaired) electrons. The number of rotatable bonds is 2. The normalized spacial score (nSPS) is 15.5. The van der Waals surface area contributed by atoms with Gasteiger partial charge in [-0.3, -0.25) is 0 Å². The Bertz CT molecular complexity index is 279. The van der Waals surface area contributed by atoms with E-state index in [0.717, 1.165) is 15.6 Å². The molecule has 13 heavy (non-hydrogen) atoms. The number of halogens is 1. The molecule has 0 aliphatic carbocycles. The van der Waals surface area contributed by atoms with Crippen molar-refractivity contribution in [3.63, 3.8) is 0 Å².